The van der Waals surface area contributed by atoms with Crippen LogP contribution in [0, 0.1) is 11.3 Å². The van der Waals surface area contributed by atoms with Crippen LogP contribution in [0.4, 0.5) is 0 Å². The van der Waals surface area contributed by atoms with Crippen molar-refractivity contribution >= 4 is 5.78 Å². The minimum absolute atomic E-state index is 0.0355. The third kappa shape index (κ3) is 2.79. The van der Waals surface area contributed by atoms with E-state index in [0.29, 0.717) is 17.5 Å². The van der Waals surface area contributed by atoms with Gasteiger partial charge in [-0.25, -0.2) is 0 Å². The molecule has 0 saturated carbocycles. The van der Waals surface area contributed by atoms with Gasteiger partial charge in [-0.2, -0.15) is 5.26 Å². The Bertz CT molecular complexity index is 567. The van der Waals surface area contributed by atoms with Crippen LogP contribution in [0.2, 0.25) is 0 Å². The third-order valence-electron chi connectivity index (χ3n) is 2.52. The monoisotopic (exact) mass is 221 g/mol. The Balaban J connectivity index is 2.18. The molecule has 0 saturated heterocycles. The van der Waals surface area contributed by atoms with Gasteiger partial charge in [0.25, 0.3) is 0 Å². The molecule has 2 rings (SSSR count). The van der Waals surface area contributed by atoms with Crippen molar-refractivity contribution in [3.05, 3.63) is 71.3 Å². The Kier molecular flexibility index (Phi) is 3.32. The standard InChI is InChI=1S/C15H11NO/c16-11-13-7-4-8-14(9-13)15(17)10-12-5-2-1-3-6-12/h1-9H,10H2. The fourth-order valence-corrected chi connectivity index (χ4v) is 1.65. The lowest BCUT2D eigenvalue weighted by Crippen LogP contribution is -2.03. The molecule has 0 amide bonds. The summed E-state index contributed by atoms with van der Waals surface area (Å²) in [7, 11) is 0. The molecule has 2 aromatic rings. The molecule has 82 valence electrons. The van der Waals surface area contributed by atoms with E-state index in [1.165, 1.54) is 0 Å². The van der Waals surface area contributed by atoms with Gasteiger partial charge in [0.05, 0.1) is 11.6 Å². The molecular formula is C15H11NO. The molecule has 17 heavy (non-hydrogen) atoms. The molecule has 0 fully saturated rings. The summed E-state index contributed by atoms with van der Waals surface area (Å²) in [6.07, 6.45) is 0.371. The van der Waals surface area contributed by atoms with E-state index in [2.05, 4.69) is 0 Å². The summed E-state index contributed by atoms with van der Waals surface area (Å²) in [5.74, 6) is 0.0355. The van der Waals surface area contributed by atoms with Gasteiger partial charge in [0.15, 0.2) is 5.78 Å². The van der Waals surface area contributed by atoms with Crippen molar-refractivity contribution in [3.8, 4) is 6.07 Å². The van der Waals surface area contributed by atoms with Crippen LogP contribution in [0.3, 0.4) is 0 Å². The maximum absolute atomic E-state index is 12.0. The number of Topliss-reactive ketones (excluding diaryl/α,β-unsaturated/α-hetero) is 1. The lowest BCUT2D eigenvalue weighted by Gasteiger charge is -2.01. The van der Waals surface area contributed by atoms with E-state index in [0.717, 1.165) is 5.56 Å². The molecule has 0 aliphatic heterocycles. The summed E-state index contributed by atoms with van der Waals surface area (Å²) >= 11 is 0. The molecular weight excluding hydrogens is 210 g/mol. The molecule has 2 nitrogen and oxygen atoms in total. The predicted octanol–water partition coefficient (Wildman–Crippen LogP) is 2.98. The molecule has 0 atom stereocenters. The summed E-state index contributed by atoms with van der Waals surface area (Å²) in [6.45, 7) is 0. The van der Waals surface area contributed by atoms with Crippen molar-refractivity contribution in [1.82, 2.24) is 0 Å². The van der Waals surface area contributed by atoms with Crippen LogP contribution in [0.15, 0.2) is 54.6 Å². The summed E-state index contributed by atoms with van der Waals surface area (Å²) in [4.78, 5) is 12.0. The minimum atomic E-state index is 0.0355. The Morgan fingerprint density at radius 2 is 1.82 bits per heavy atom. The van der Waals surface area contributed by atoms with Gasteiger partial charge in [-0.3, -0.25) is 4.79 Å². The summed E-state index contributed by atoms with van der Waals surface area (Å²) in [6, 6.07) is 18.4. The van der Waals surface area contributed by atoms with Crippen molar-refractivity contribution in [2.24, 2.45) is 0 Å². The van der Waals surface area contributed by atoms with Crippen molar-refractivity contribution in [2.45, 2.75) is 6.42 Å². The van der Waals surface area contributed by atoms with Crippen LogP contribution >= 0.6 is 0 Å². The van der Waals surface area contributed by atoms with Crippen LogP contribution in [0.25, 0.3) is 0 Å². The second kappa shape index (κ2) is 5.09. The zero-order valence-corrected chi connectivity index (χ0v) is 9.26. The van der Waals surface area contributed by atoms with Crippen molar-refractivity contribution in [3.63, 3.8) is 0 Å². The first-order valence-electron chi connectivity index (χ1n) is 5.37. The van der Waals surface area contributed by atoms with Crippen LogP contribution in [-0.4, -0.2) is 5.78 Å². The second-order valence-corrected chi connectivity index (χ2v) is 3.78. The van der Waals surface area contributed by atoms with Crippen molar-refractivity contribution in [1.29, 1.82) is 5.26 Å². The van der Waals surface area contributed by atoms with E-state index in [9.17, 15) is 4.79 Å². The lowest BCUT2D eigenvalue weighted by atomic mass is 10.0. The third-order valence-corrected chi connectivity index (χ3v) is 2.52. The predicted molar refractivity (Wildman–Crippen MR) is 65.6 cm³/mol. The van der Waals surface area contributed by atoms with Crippen LogP contribution in [-0.2, 0) is 6.42 Å². The summed E-state index contributed by atoms with van der Waals surface area (Å²) in [5.41, 5.74) is 2.09. The fourth-order valence-electron chi connectivity index (χ4n) is 1.65. The molecule has 0 unspecified atom stereocenters. The number of hydrogen-bond acceptors (Lipinski definition) is 2. The maximum Gasteiger partial charge on any atom is 0.167 e. The van der Waals surface area contributed by atoms with Crippen LogP contribution in [0.5, 0.6) is 0 Å². The number of nitriles is 1. The summed E-state index contributed by atoms with van der Waals surface area (Å²) in [5, 5.41) is 8.77. The first kappa shape index (κ1) is 11.1. The van der Waals surface area contributed by atoms with Gasteiger partial charge >= 0.3 is 0 Å². The molecule has 2 heteroatoms. The molecule has 0 bridgehead atoms. The van der Waals surface area contributed by atoms with Gasteiger partial charge in [-0.15, -0.1) is 0 Å². The number of ketones is 1. The molecule has 0 spiro atoms. The highest BCUT2D eigenvalue weighted by atomic mass is 16.1. The minimum Gasteiger partial charge on any atom is -0.294 e. The quantitative estimate of drug-likeness (QED) is 0.747. The first-order valence-corrected chi connectivity index (χ1v) is 5.37. The fraction of sp³-hybridized carbons (Fsp3) is 0.0667. The average molecular weight is 221 g/mol. The molecule has 0 aromatic heterocycles. The summed E-state index contributed by atoms with van der Waals surface area (Å²) < 4.78 is 0. The number of rotatable bonds is 3. The van der Waals surface area contributed by atoms with E-state index >= 15 is 0 Å². The van der Waals surface area contributed by atoms with Gasteiger partial charge in [0, 0.05) is 12.0 Å². The number of hydrogen-bond donors (Lipinski definition) is 0. The largest absolute Gasteiger partial charge is 0.294 e. The van der Waals surface area contributed by atoms with Crippen molar-refractivity contribution in [2.75, 3.05) is 0 Å². The van der Waals surface area contributed by atoms with Gasteiger partial charge < -0.3 is 0 Å². The Morgan fingerprint density at radius 3 is 2.53 bits per heavy atom. The molecule has 0 radical (unpaired) electrons. The number of benzene rings is 2. The van der Waals surface area contributed by atoms with E-state index in [4.69, 9.17) is 5.26 Å². The highest BCUT2D eigenvalue weighted by Gasteiger charge is 2.07. The van der Waals surface area contributed by atoms with E-state index < -0.39 is 0 Å². The smallest absolute Gasteiger partial charge is 0.167 e. The van der Waals surface area contributed by atoms with Gasteiger partial charge in [-0.1, -0.05) is 42.5 Å². The molecule has 0 aliphatic carbocycles. The van der Waals surface area contributed by atoms with Gasteiger partial charge in [0.2, 0.25) is 0 Å². The maximum atomic E-state index is 12.0. The first-order chi connectivity index (χ1) is 8.29. The van der Waals surface area contributed by atoms with Crippen molar-refractivity contribution < 1.29 is 4.79 Å². The SMILES string of the molecule is N#Cc1cccc(C(=O)Cc2ccccc2)c1. The molecule has 2 aromatic carbocycles. The van der Waals surface area contributed by atoms with E-state index in [1.54, 1.807) is 24.3 Å². The van der Waals surface area contributed by atoms with Gasteiger partial charge in [0.1, 0.15) is 0 Å². The van der Waals surface area contributed by atoms with E-state index in [1.807, 2.05) is 36.4 Å². The number of carbonyl (C=O) groups excluding carboxylic acids is 1. The zero-order chi connectivity index (χ0) is 12.1. The lowest BCUT2D eigenvalue weighted by molar-refractivity contribution is 0.0993. The molecule has 0 aliphatic rings. The number of nitrogens with zero attached hydrogens (tertiary/aromatic N) is 1. The highest BCUT2D eigenvalue weighted by molar-refractivity contribution is 5.97. The normalized spacial score (nSPS) is 9.59. The van der Waals surface area contributed by atoms with Crippen LogP contribution in [0.1, 0.15) is 21.5 Å². The number of carbonyl (C=O) groups is 1. The second-order valence-electron chi connectivity index (χ2n) is 3.78. The molecule has 0 heterocycles. The Morgan fingerprint density at radius 1 is 1.06 bits per heavy atom. The topological polar surface area (TPSA) is 40.9 Å². The highest BCUT2D eigenvalue weighted by Crippen LogP contribution is 2.09. The zero-order valence-electron chi connectivity index (χ0n) is 9.26. The Hall–Kier alpha value is -2.40. The molecule has 0 N–H and O–H groups in total. The van der Waals surface area contributed by atoms with E-state index in [-0.39, 0.29) is 5.78 Å². The Labute approximate surface area is 100 Å². The van der Waals surface area contributed by atoms with Gasteiger partial charge in [-0.05, 0) is 17.7 Å². The van der Waals surface area contributed by atoms with Crippen LogP contribution < -0.4 is 0 Å². The average Bonchev–Trinajstić information content (AvgIpc) is 2.40.